The number of anilines is 1. The van der Waals surface area contributed by atoms with Crippen molar-refractivity contribution in [2.45, 2.75) is 11.3 Å². The first-order valence-corrected chi connectivity index (χ1v) is 10.1. The lowest BCUT2D eigenvalue weighted by atomic mass is 10.1. The second kappa shape index (κ2) is 8.53. The Balaban J connectivity index is 1.66. The number of hydrogen-bond acceptors (Lipinski definition) is 4. The Morgan fingerprint density at radius 2 is 1.82 bits per heavy atom. The van der Waals surface area contributed by atoms with Crippen molar-refractivity contribution in [2.75, 3.05) is 11.3 Å². The quantitative estimate of drug-likeness (QED) is 0.545. The molecule has 0 saturated heterocycles. The Kier molecular flexibility index (Phi) is 5.90. The first kappa shape index (κ1) is 19.4. The van der Waals surface area contributed by atoms with Gasteiger partial charge in [-0.2, -0.15) is 5.10 Å². The topological polar surface area (TPSA) is 104 Å². The van der Waals surface area contributed by atoms with Crippen LogP contribution in [0.15, 0.2) is 72.3 Å². The zero-order valence-electron chi connectivity index (χ0n) is 15.1. The standard InChI is InChI=1S/C20H20N4O3S/c1-2-15-8-10-17(11-9-15)28(26,27)24-18-14-22-23-19(18)20(25)21-13-12-16-6-4-3-5-7-16/h2-11,14,24H,1,12-13H2,(H,21,25)(H,22,23). The molecule has 2 aromatic carbocycles. The van der Waals surface area contributed by atoms with Crippen LogP contribution in [0.4, 0.5) is 5.69 Å². The van der Waals surface area contributed by atoms with E-state index in [2.05, 4.69) is 26.8 Å². The van der Waals surface area contributed by atoms with Crippen LogP contribution in [0.25, 0.3) is 6.08 Å². The lowest BCUT2D eigenvalue weighted by Gasteiger charge is -2.09. The summed E-state index contributed by atoms with van der Waals surface area (Å²) in [6, 6.07) is 16.0. The van der Waals surface area contributed by atoms with Crippen LogP contribution in [0.2, 0.25) is 0 Å². The predicted octanol–water partition coefficient (Wildman–Crippen LogP) is 2.83. The molecule has 3 N–H and O–H groups in total. The van der Waals surface area contributed by atoms with Crippen LogP contribution in [0.1, 0.15) is 21.6 Å². The lowest BCUT2D eigenvalue weighted by Crippen LogP contribution is -2.27. The van der Waals surface area contributed by atoms with E-state index in [0.717, 1.165) is 11.1 Å². The fourth-order valence-electron chi connectivity index (χ4n) is 2.58. The summed E-state index contributed by atoms with van der Waals surface area (Å²) in [5.74, 6) is -0.461. The highest BCUT2D eigenvalue weighted by molar-refractivity contribution is 7.92. The van der Waals surface area contributed by atoms with Gasteiger partial charge in [0.25, 0.3) is 15.9 Å². The fraction of sp³-hybridized carbons (Fsp3) is 0.100. The maximum atomic E-state index is 12.6. The highest BCUT2D eigenvalue weighted by atomic mass is 32.2. The van der Waals surface area contributed by atoms with Crippen molar-refractivity contribution in [1.29, 1.82) is 0 Å². The van der Waals surface area contributed by atoms with Crippen molar-refractivity contribution >= 4 is 27.7 Å². The normalized spacial score (nSPS) is 11.0. The Bertz CT molecular complexity index is 1060. The maximum Gasteiger partial charge on any atom is 0.273 e. The van der Waals surface area contributed by atoms with Crippen LogP contribution in [-0.2, 0) is 16.4 Å². The molecule has 28 heavy (non-hydrogen) atoms. The molecule has 1 aromatic heterocycles. The molecular weight excluding hydrogens is 376 g/mol. The highest BCUT2D eigenvalue weighted by Gasteiger charge is 2.20. The molecular formula is C20H20N4O3S. The first-order valence-electron chi connectivity index (χ1n) is 8.61. The summed E-state index contributed by atoms with van der Waals surface area (Å²) < 4.78 is 27.5. The Morgan fingerprint density at radius 1 is 1.11 bits per heavy atom. The Morgan fingerprint density at radius 3 is 2.50 bits per heavy atom. The number of hydrogen-bond donors (Lipinski definition) is 3. The number of benzene rings is 2. The van der Waals surface area contributed by atoms with Gasteiger partial charge in [0, 0.05) is 12.7 Å². The van der Waals surface area contributed by atoms with Gasteiger partial charge >= 0.3 is 0 Å². The summed E-state index contributed by atoms with van der Waals surface area (Å²) in [4.78, 5) is 12.5. The second-order valence-corrected chi connectivity index (χ2v) is 7.70. The van der Waals surface area contributed by atoms with Gasteiger partial charge in [0.15, 0.2) is 5.69 Å². The van der Waals surface area contributed by atoms with E-state index in [1.807, 2.05) is 30.3 Å². The molecule has 0 aliphatic carbocycles. The Labute approximate surface area is 163 Å². The average molecular weight is 396 g/mol. The highest BCUT2D eigenvalue weighted by Crippen LogP contribution is 2.19. The number of nitrogens with zero attached hydrogens (tertiary/aromatic N) is 1. The molecule has 0 atom stereocenters. The van der Waals surface area contributed by atoms with E-state index in [-0.39, 0.29) is 16.3 Å². The molecule has 3 rings (SSSR count). The van der Waals surface area contributed by atoms with Crippen LogP contribution < -0.4 is 10.0 Å². The van der Waals surface area contributed by atoms with Crippen LogP contribution in [0.5, 0.6) is 0 Å². The van der Waals surface area contributed by atoms with E-state index in [0.29, 0.717) is 13.0 Å². The number of amides is 1. The van der Waals surface area contributed by atoms with Crippen molar-refractivity contribution in [1.82, 2.24) is 15.5 Å². The molecule has 0 radical (unpaired) electrons. The largest absolute Gasteiger partial charge is 0.350 e. The summed E-state index contributed by atoms with van der Waals surface area (Å²) in [6.07, 6.45) is 3.62. The molecule has 1 heterocycles. The maximum absolute atomic E-state index is 12.6. The average Bonchev–Trinajstić information content (AvgIpc) is 3.16. The van der Waals surface area contributed by atoms with Gasteiger partial charge in [0.1, 0.15) is 0 Å². The zero-order chi connectivity index (χ0) is 20.0. The predicted molar refractivity (Wildman–Crippen MR) is 108 cm³/mol. The smallest absolute Gasteiger partial charge is 0.273 e. The number of sulfonamides is 1. The molecule has 1 amide bonds. The minimum atomic E-state index is -3.85. The lowest BCUT2D eigenvalue weighted by molar-refractivity contribution is 0.0950. The third kappa shape index (κ3) is 4.66. The van der Waals surface area contributed by atoms with E-state index in [4.69, 9.17) is 0 Å². The zero-order valence-corrected chi connectivity index (χ0v) is 15.9. The number of H-pyrrole nitrogens is 1. The van der Waals surface area contributed by atoms with E-state index in [9.17, 15) is 13.2 Å². The van der Waals surface area contributed by atoms with Crippen molar-refractivity contribution in [3.05, 3.63) is 84.2 Å². The van der Waals surface area contributed by atoms with Crippen LogP contribution >= 0.6 is 0 Å². The van der Waals surface area contributed by atoms with Crippen LogP contribution in [-0.4, -0.2) is 31.1 Å². The van der Waals surface area contributed by atoms with Gasteiger partial charge in [-0.1, -0.05) is 55.1 Å². The van der Waals surface area contributed by atoms with Gasteiger partial charge in [-0.05, 0) is 29.7 Å². The monoisotopic (exact) mass is 396 g/mol. The SMILES string of the molecule is C=Cc1ccc(S(=O)(=O)Nc2c[nH]nc2C(=O)NCCc2ccccc2)cc1. The summed E-state index contributed by atoms with van der Waals surface area (Å²) >= 11 is 0. The molecule has 0 spiro atoms. The third-order valence-electron chi connectivity index (χ3n) is 4.07. The van der Waals surface area contributed by atoms with E-state index in [1.54, 1.807) is 18.2 Å². The summed E-state index contributed by atoms with van der Waals surface area (Å²) in [5.41, 5.74) is 1.97. The van der Waals surface area contributed by atoms with Gasteiger partial charge in [-0.25, -0.2) is 8.42 Å². The summed E-state index contributed by atoms with van der Waals surface area (Å²) in [7, 11) is -3.85. The van der Waals surface area contributed by atoms with Crippen molar-refractivity contribution in [2.24, 2.45) is 0 Å². The molecule has 0 aliphatic rings. The molecule has 3 aromatic rings. The molecule has 0 fully saturated rings. The number of aromatic nitrogens is 2. The molecule has 0 aliphatic heterocycles. The molecule has 0 saturated carbocycles. The van der Waals surface area contributed by atoms with Crippen LogP contribution in [0, 0.1) is 0 Å². The minimum absolute atomic E-state index is 0.0145. The molecule has 0 unspecified atom stereocenters. The van der Waals surface area contributed by atoms with E-state index in [1.165, 1.54) is 18.3 Å². The summed E-state index contributed by atoms with van der Waals surface area (Å²) in [6.45, 7) is 4.04. The van der Waals surface area contributed by atoms with Crippen molar-refractivity contribution in [3.63, 3.8) is 0 Å². The fourth-order valence-corrected chi connectivity index (χ4v) is 3.63. The van der Waals surface area contributed by atoms with Gasteiger partial charge in [0.05, 0.1) is 10.6 Å². The number of aromatic amines is 1. The van der Waals surface area contributed by atoms with Gasteiger partial charge in [-0.3, -0.25) is 14.6 Å². The van der Waals surface area contributed by atoms with Gasteiger partial charge in [0.2, 0.25) is 0 Å². The van der Waals surface area contributed by atoms with Gasteiger partial charge < -0.3 is 5.32 Å². The molecule has 8 heteroatoms. The molecule has 144 valence electrons. The summed E-state index contributed by atoms with van der Waals surface area (Å²) in [5, 5.41) is 9.15. The first-order chi connectivity index (χ1) is 13.5. The van der Waals surface area contributed by atoms with Crippen molar-refractivity contribution in [3.8, 4) is 0 Å². The number of nitrogens with one attached hydrogen (secondary N) is 3. The van der Waals surface area contributed by atoms with E-state index < -0.39 is 15.9 Å². The van der Waals surface area contributed by atoms with Crippen molar-refractivity contribution < 1.29 is 13.2 Å². The minimum Gasteiger partial charge on any atom is -0.350 e. The Hall–Kier alpha value is -3.39. The van der Waals surface area contributed by atoms with E-state index >= 15 is 0 Å². The number of rotatable bonds is 8. The molecule has 0 bridgehead atoms. The molecule has 7 nitrogen and oxygen atoms in total. The number of carbonyl (C=O) groups is 1. The third-order valence-corrected chi connectivity index (χ3v) is 5.45. The van der Waals surface area contributed by atoms with Crippen LogP contribution in [0.3, 0.4) is 0 Å². The van der Waals surface area contributed by atoms with Gasteiger partial charge in [-0.15, -0.1) is 0 Å². The second-order valence-electron chi connectivity index (χ2n) is 6.02. The number of carbonyl (C=O) groups excluding carboxylic acids is 1.